The molecule has 0 saturated carbocycles. The van der Waals surface area contributed by atoms with Gasteiger partial charge in [0.25, 0.3) is 0 Å². The predicted octanol–water partition coefficient (Wildman–Crippen LogP) is 2.89. The maximum atomic E-state index is 10.5. The molecule has 0 radical (unpaired) electrons. The highest BCUT2D eigenvalue weighted by atomic mass is 79.9. The fraction of sp³-hybridized carbons (Fsp3) is 0.143. The molecule has 0 aromatic carbocycles. The van der Waals surface area contributed by atoms with Crippen molar-refractivity contribution in [2.75, 3.05) is 0 Å². The van der Waals surface area contributed by atoms with Gasteiger partial charge in [0.1, 0.15) is 6.29 Å². The number of carbonyl (C=O) groups excluding carboxylic acids is 1. The van der Waals surface area contributed by atoms with E-state index in [-0.39, 0.29) is 0 Å². The van der Waals surface area contributed by atoms with Crippen LogP contribution in [-0.4, -0.2) is 11.2 Å². The third-order valence-corrected chi connectivity index (χ3v) is 3.64. The van der Waals surface area contributed by atoms with Crippen molar-refractivity contribution in [1.29, 1.82) is 0 Å². The Morgan fingerprint density at radius 2 is 2.18 bits per heavy atom. The van der Waals surface area contributed by atoms with Gasteiger partial charge < -0.3 is 0 Å². The number of halogens is 2. The highest BCUT2D eigenvalue weighted by molar-refractivity contribution is 9.15. The van der Waals surface area contributed by atoms with Crippen molar-refractivity contribution in [3.8, 4) is 0 Å². The fourth-order valence-corrected chi connectivity index (χ4v) is 2.07. The zero-order valence-corrected chi connectivity index (χ0v) is 9.42. The Kier molecular flexibility index (Phi) is 3.16. The van der Waals surface area contributed by atoms with E-state index in [1.807, 2.05) is 6.08 Å². The third kappa shape index (κ3) is 2.07. The summed E-state index contributed by atoms with van der Waals surface area (Å²) in [7, 11) is 0. The molecule has 0 heterocycles. The molecule has 0 aliphatic heterocycles. The minimum Gasteiger partial charge on any atom is -0.298 e. The first kappa shape index (κ1) is 9.29. The summed E-state index contributed by atoms with van der Waals surface area (Å²) in [5.41, 5.74) is 0.698. The van der Waals surface area contributed by atoms with E-state index in [0.717, 1.165) is 20.1 Å². The molecule has 11 heavy (non-hydrogen) atoms. The quantitative estimate of drug-likeness (QED) is 0.547. The predicted molar refractivity (Wildman–Crippen MR) is 56.2 cm³/mol. The summed E-state index contributed by atoms with van der Waals surface area (Å²) in [6, 6.07) is 0. The van der Waals surface area contributed by atoms with Crippen LogP contribution in [0.4, 0.5) is 0 Å². The second kappa shape index (κ2) is 3.74. The van der Waals surface area contributed by atoms with Gasteiger partial charge in [-0.25, -0.2) is 0 Å². The molecule has 58 valence electrons. The van der Waals surface area contributed by atoms with Gasteiger partial charge >= 0.3 is 0 Å². The third-order valence-electron chi connectivity index (χ3n) is 1.29. The van der Waals surface area contributed by atoms with Crippen LogP contribution in [0, 0.1) is 0 Å². The summed E-state index contributed by atoms with van der Waals surface area (Å²) in [5.74, 6) is 0. The summed E-state index contributed by atoms with van der Waals surface area (Å²) in [4.78, 5) is 11.2. The lowest BCUT2D eigenvalue weighted by Crippen LogP contribution is -2.02. The SMILES string of the molecule is O=CC1=C(Br)C(Br)=CC(=S)C1. The zero-order valence-electron chi connectivity index (χ0n) is 5.43. The number of allylic oxidation sites excluding steroid dienone is 4. The summed E-state index contributed by atoms with van der Waals surface area (Å²) in [6.45, 7) is 0. The molecular formula is C7H4Br2OS. The molecule has 1 rings (SSSR count). The van der Waals surface area contributed by atoms with Crippen LogP contribution in [0.1, 0.15) is 6.42 Å². The smallest absolute Gasteiger partial charge is 0.147 e. The standard InChI is InChI=1S/C7H4Br2OS/c8-6-2-5(11)1-4(3-10)7(6)9/h2-3H,1H2. The maximum Gasteiger partial charge on any atom is 0.147 e. The Bertz CT molecular complexity index is 278. The molecule has 0 spiro atoms. The molecule has 0 N–H and O–H groups in total. The van der Waals surface area contributed by atoms with Crippen LogP contribution in [0.5, 0.6) is 0 Å². The molecule has 4 heteroatoms. The molecule has 0 amide bonds. The maximum absolute atomic E-state index is 10.5. The molecule has 0 unspecified atom stereocenters. The summed E-state index contributed by atoms with van der Waals surface area (Å²) < 4.78 is 1.65. The van der Waals surface area contributed by atoms with Gasteiger partial charge in [0.15, 0.2) is 0 Å². The molecular weight excluding hydrogens is 292 g/mol. The van der Waals surface area contributed by atoms with E-state index in [9.17, 15) is 4.79 Å². The first-order valence-electron chi connectivity index (χ1n) is 2.89. The molecule has 0 aromatic heterocycles. The second-order valence-corrected chi connectivity index (χ2v) is 4.26. The Hall–Kier alpha value is 0.200. The van der Waals surface area contributed by atoms with Gasteiger partial charge in [0, 0.05) is 25.8 Å². The molecule has 0 bridgehead atoms. The fourth-order valence-electron chi connectivity index (χ4n) is 0.768. The van der Waals surface area contributed by atoms with E-state index in [2.05, 4.69) is 31.9 Å². The van der Waals surface area contributed by atoms with Crippen LogP contribution in [0.15, 0.2) is 20.6 Å². The number of carbonyl (C=O) groups is 1. The van der Waals surface area contributed by atoms with Crippen molar-refractivity contribution in [2.24, 2.45) is 0 Å². The number of rotatable bonds is 1. The highest BCUT2D eigenvalue weighted by Gasteiger charge is 2.13. The van der Waals surface area contributed by atoms with Crippen molar-refractivity contribution in [3.05, 3.63) is 20.6 Å². The molecule has 0 aromatic rings. The molecule has 1 aliphatic carbocycles. The van der Waals surface area contributed by atoms with Crippen molar-refractivity contribution in [2.45, 2.75) is 6.42 Å². The van der Waals surface area contributed by atoms with Gasteiger partial charge in [0.2, 0.25) is 0 Å². The minimum atomic E-state index is 0.564. The largest absolute Gasteiger partial charge is 0.298 e. The van der Waals surface area contributed by atoms with E-state index < -0.39 is 0 Å². The van der Waals surface area contributed by atoms with E-state index >= 15 is 0 Å². The molecule has 0 fully saturated rings. The Morgan fingerprint density at radius 1 is 1.55 bits per heavy atom. The number of hydrogen-bond acceptors (Lipinski definition) is 2. The lowest BCUT2D eigenvalue weighted by atomic mass is 10.1. The lowest BCUT2D eigenvalue weighted by molar-refractivity contribution is -0.104. The first-order valence-corrected chi connectivity index (χ1v) is 4.89. The average molecular weight is 296 g/mol. The number of aldehydes is 1. The Labute approximate surface area is 86.8 Å². The number of hydrogen-bond donors (Lipinski definition) is 0. The van der Waals surface area contributed by atoms with Crippen LogP contribution in [0.2, 0.25) is 0 Å². The van der Waals surface area contributed by atoms with Gasteiger partial charge in [-0.1, -0.05) is 12.2 Å². The zero-order chi connectivity index (χ0) is 8.43. The van der Waals surface area contributed by atoms with Crippen molar-refractivity contribution < 1.29 is 4.79 Å². The summed E-state index contributed by atoms with van der Waals surface area (Å²) in [5, 5.41) is 0. The van der Waals surface area contributed by atoms with E-state index in [1.54, 1.807) is 0 Å². The van der Waals surface area contributed by atoms with E-state index in [1.165, 1.54) is 0 Å². The molecule has 0 saturated heterocycles. The Balaban J connectivity index is 3.08. The second-order valence-electron chi connectivity index (χ2n) is 2.09. The average Bonchev–Trinajstić information content (AvgIpc) is 1.96. The topological polar surface area (TPSA) is 17.1 Å². The van der Waals surface area contributed by atoms with Gasteiger partial charge in [-0.05, 0) is 37.9 Å². The van der Waals surface area contributed by atoms with Crippen molar-refractivity contribution in [1.82, 2.24) is 0 Å². The summed E-state index contributed by atoms with van der Waals surface area (Å²) in [6.07, 6.45) is 3.21. The van der Waals surface area contributed by atoms with Crippen LogP contribution in [-0.2, 0) is 4.79 Å². The first-order chi connectivity index (χ1) is 5.15. The van der Waals surface area contributed by atoms with Gasteiger partial charge in [-0.3, -0.25) is 4.79 Å². The Morgan fingerprint density at radius 3 is 2.73 bits per heavy atom. The van der Waals surface area contributed by atoms with Crippen molar-refractivity contribution in [3.63, 3.8) is 0 Å². The van der Waals surface area contributed by atoms with E-state index in [0.29, 0.717) is 12.0 Å². The molecule has 1 aliphatic rings. The lowest BCUT2D eigenvalue weighted by Gasteiger charge is -2.09. The molecule has 0 atom stereocenters. The molecule has 1 nitrogen and oxygen atoms in total. The monoisotopic (exact) mass is 294 g/mol. The van der Waals surface area contributed by atoms with Gasteiger partial charge in [-0.15, -0.1) is 0 Å². The van der Waals surface area contributed by atoms with Crippen molar-refractivity contribution >= 4 is 55.2 Å². The van der Waals surface area contributed by atoms with Crippen LogP contribution in [0.25, 0.3) is 0 Å². The number of thiocarbonyl (C=S) groups is 1. The van der Waals surface area contributed by atoms with Gasteiger partial charge in [-0.2, -0.15) is 0 Å². The van der Waals surface area contributed by atoms with Crippen LogP contribution >= 0.6 is 44.1 Å². The minimum absolute atomic E-state index is 0.564. The van der Waals surface area contributed by atoms with Crippen LogP contribution in [0.3, 0.4) is 0 Å². The highest BCUT2D eigenvalue weighted by Crippen LogP contribution is 2.31. The van der Waals surface area contributed by atoms with Gasteiger partial charge in [0.05, 0.1) is 0 Å². The summed E-state index contributed by atoms with van der Waals surface area (Å²) >= 11 is 11.5. The van der Waals surface area contributed by atoms with Crippen LogP contribution < -0.4 is 0 Å². The van der Waals surface area contributed by atoms with E-state index in [4.69, 9.17) is 12.2 Å². The normalized spacial score (nSPS) is 18.4.